The monoisotopic (exact) mass is 615 g/mol. The highest BCUT2D eigenvalue weighted by Gasteiger charge is 2.35. The van der Waals surface area contributed by atoms with Crippen LogP contribution in [0.1, 0.15) is 61.8 Å². The summed E-state index contributed by atoms with van der Waals surface area (Å²) in [5.41, 5.74) is 6.20. The first-order valence-electron chi connectivity index (χ1n) is 16.2. The molecule has 45 heavy (non-hydrogen) atoms. The second kappa shape index (κ2) is 15.6. The number of amides is 1. The van der Waals surface area contributed by atoms with Crippen molar-refractivity contribution >= 4 is 11.6 Å². The van der Waals surface area contributed by atoms with E-state index < -0.39 is 0 Å². The summed E-state index contributed by atoms with van der Waals surface area (Å²) < 4.78 is 23.8. The van der Waals surface area contributed by atoms with Gasteiger partial charge in [-0.05, 0) is 53.9 Å². The highest BCUT2D eigenvalue weighted by Crippen LogP contribution is 2.41. The molecule has 5 rings (SSSR count). The second-order valence-electron chi connectivity index (χ2n) is 12.7. The molecular weight excluding hydrogens is 566 g/mol. The minimum atomic E-state index is 0.0100. The number of para-hydroxylation sites is 1. The van der Waals surface area contributed by atoms with Crippen molar-refractivity contribution in [1.82, 2.24) is 10.6 Å². The molecule has 3 aromatic carbocycles. The van der Waals surface area contributed by atoms with Crippen molar-refractivity contribution in [1.29, 1.82) is 0 Å². The first-order valence-corrected chi connectivity index (χ1v) is 16.2. The first-order chi connectivity index (χ1) is 21.8. The number of fused-ring (bicyclic) bond motifs is 1. The van der Waals surface area contributed by atoms with Crippen LogP contribution in [0, 0.1) is 0 Å². The normalized spacial score (nSPS) is 18.8. The number of anilines is 1. The van der Waals surface area contributed by atoms with E-state index in [2.05, 4.69) is 71.8 Å². The van der Waals surface area contributed by atoms with Crippen molar-refractivity contribution in [2.75, 3.05) is 57.9 Å². The van der Waals surface area contributed by atoms with E-state index >= 15 is 0 Å². The molecule has 242 valence electrons. The van der Waals surface area contributed by atoms with E-state index in [1.54, 1.807) is 14.0 Å². The Morgan fingerprint density at radius 3 is 2.67 bits per heavy atom. The van der Waals surface area contributed by atoms with Gasteiger partial charge in [0.2, 0.25) is 5.91 Å². The summed E-state index contributed by atoms with van der Waals surface area (Å²) in [6, 6.07) is 23.2. The highest BCUT2D eigenvalue weighted by atomic mass is 16.5. The van der Waals surface area contributed by atoms with Gasteiger partial charge in [-0.25, -0.2) is 0 Å². The number of ether oxygens (including phenoxy) is 4. The quantitative estimate of drug-likeness (QED) is 0.216. The van der Waals surface area contributed by atoms with Gasteiger partial charge in [-0.1, -0.05) is 56.3 Å². The van der Waals surface area contributed by atoms with E-state index in [1.165, 1.54) is 22.4 Å². The van der Waals surface area contributed by atoms with Gasteiger partial charge in [0.1, 0.15) is 11.5 Å². The van der Waals surface area contributed by atoms with Crippen LogP contribution in [-0.4, -0.2) is 65.1 Å². The molecule has 2 aliphatic heterocycles. The van der Waals surface area contributed by atoms with Gasteiger partial charge in [0, 0.05) is 62.1 Å². The lowest BCUT2D eigenvalue weighted by Crippen LogP contribution is -2.40. The number of benzene rings is 3. The van der Waals surface area contributed by atoms with Gasteiger partial charge in [0.05, 0.1) is 39.6 Å². The molecular formula is C37H49N3O5. The molecule has 2 heterocycles. The minimum Gasteiger partial charge on any atom is -0.496 e. The Morgan fingerprint density at radius 1 is 1.04 bits per heavy atom. The summed E-state index contributed by atoms with van der Waals surface area (Å²) in [5, 5.41) is 6.46. The maximum atomic E-state index is 11.4. The maximum absolute atomic E-state index is 11.4. The van der Waals surface area contributed by atoms with Gasteiger partial charge in [-0.3, -0.25) is 4.79 Å². The molecule has 0 spiro atoms. The zero-order valence-corrected chi connectivity index (χ0v) is 27.3. The molecule has 2 aliphatic rings. The molecule has 1 amide bonds. The molecule has 0 bridgehead atoms. The van der Waals surface area contributed by atoms with Crippen molar-refractivity contribution in [3.63, 3.8) is 0 Å². The average molecular weight is 616 g/mol. The fraction of sp³-hybridized carbons (Fsp3) is 0.486. The van der Waals surface area contributed by atoms with Crippen LogP contribution in [0.25, 0.3) is 0 Å². The number of rotatable bonds is 15. The average Bonchev–Trinajstić information content (AvgIpc) is 3.30. The molecule has 0 aromatic heterocycles. The highest BCUT2D eigenvalue weighted by molar-refractivity contribution is 5.73. The molecule has 8 nitrogen and oxygen atoms in total. The largest absolute Gasteiger partial charge is 0.496 e. The van der Waals surface area contributed by atoms with Crippen LogP contribution < -0.4 is 25.0 Å². The zero-order valence-electron chi connectivity index (χ0n) is 27.3. The van der Waals surface area contributed by atoms with Crippen LogP contribution in [0.2, 0.25) is 0 Å². The summed E-state index contributed by atoms with van der Waals surface area (Å²) >= 11 is 0. The van der Waals surface area contributed by atoms with Gasteiger partial charge in [-0.15, -0.1) is 0 Å². The predicted octanol–water partition coefficient (Wildman–Crippen LogP) is 5.58. The minimum absolute atomic E-state index is 0.0100. The number of methoxy groups -OCH3 is 1. The summed E-state index contributed by atoms with van der Waals surface area (Å²) in [5.74, 6) is 2.06. The molecule has 2 N–H and O–H groups in total. The third-order valence-electron chi connectivity index (χ3n) is 8.82. The summed E-state index contributed by atoms with van der Waals surface area (Å²) in [6.45, 7) is 12.7. The molecule has 2 atom stereocenters. The van der Waals surface area contributed by atoms with Gasteiger partial charge in [0.25, 0.3) is 0 Å². The van der Waals surface area contributed by atoms with Crippen LogP contribution in [0.3, 0.4) is 0 Å². The van der Waals surface area contributed by atoms with Crippen LogP contribution in [0.5, 0.6) is 11.5 Å². The van der Waals surface area contributed by atoms with Crippen molar-refractivity contribution in [2.24, 2.45) is 0 Å². The smallest absolute Gasteiger partial charge is 0.216 e. The molecule has 1 saturated heterocycles. The molecule has 0 radical (unpaired) electrons. The van der Waals surface area contributed by atoms with Gasteiger partial charge in [-0.2, -0.15) is 0 Å². The molecule has 8 heteroatoms. The van der Waals surface area contributed by atoms with Crippen LogP contribution >= 0.6 is 0 Å². The van der Waals surface area contributed by atoms with Crippen molar-refractivity contribution in [3.05, 3.63) is 89.0 Å². The van der Waals surface area contributed by atoms with E-state index in [0.717, 1.165) is 56.1 Å². The van der Waals surface area contributed by atoms with E-state index in [-0.39, 0.29) is 17.4 Å². The Hall–Kier alpha value is -3.59. The SMILES string of the molecule is COc1ccccc1COCCCOc1ccc([C@H]2CCNCC2OCc2ccc3c(c2)N(CCNC(C)=O)CC3(C)C)cc1. The fourth-order valence-corrected chi connectivity index (χ4v) is 6.47. The van der Waals surface area contributed by atoms with Crippen molar-refractivity contribution < 1.29 is 23.7 Å². The number of hydrogen-bond acceptors (Lipinski definition) is 7. The van der Waals surface area contributed by atoms with Crippen molar-refractivity contribution in [2.45, 2.75) is 64.3 Å². The third kappa shape index (κ3) is 8.78. The Labute approximate surface area is 268 Å². The van der Waals surface area contributed by atoms with Crippen molar-refractivity contribution in [3.8, 4) is 11.5 Å². The number of nitrogens with zero attached hydrogens (tertiary/aromatic N) is 1. The standard InChI is InChI=1S/C37H49N3O5/c1-27(41)39-18-19-40-26-37(2,3)33-15-10-28(22-34(33)40)24-45-36-23-38-17-16-32(36)29-11-13-31(14-12-29)44-21-7-20-43-25-30-8-5-6-9-35(30)42-4/h5-6,8-15,22,32,36,38H,7,16-21,23-26H2,1-4H3,(H,39,41)/t32-,36?/m1/s1. The Kier molecular flexibility index (Phi) is 11.4. The topological polar surface area (TPSA) is 81.3 Å². The lowest BCUT2D eigenvalue weighted by molar-refractivity contribution is -0.118. The number of hydrogen-bond donors (Lipinski definition) is 2. The van der Waals surface area contributed by atoms with Gasteiger partial charge in [0.15, 0.2) is 0 Å². The van der Waals surface area contributed by atoms with E-state index in [9.17, 15) is 4.79 Å². The number of nitrogens with one attached hydrogen (secondary N) is 2. The summed E-state index contributed by atoms with van der Waals surface area (Å²) in [6.07, 6.45) is 1.93. The number of piperidine rings is 1. The maximum Gasteiger partial charge on any atom is 0.216 e. The summed E-state index contributed by atoms with van der Waals surface area (Å²) in [7, 11) is 1.68. The van der Waals surface area contributed by atoms with Gasteiger partial charge < -0.3 is 34.5 Å². The lowest BCUT2D eigenvalue weighted by atomic mass is 9.86. The second-order valence-corrected chi connectivity index (χ2v) is 12.7. The lowest BCUT2D eigenvalue weighted by Gasteiger charge is -2.32. The van der Waals surface area contributed by atoms with E-state index in [0.29, 0.717) is 38.9 Å². The molecule has 0 saturated carbocycles. The molecule has 1 unspecified atom stereocenters. The fourth-order valence-electron chi connectivity index (χ4n) is 6.47. The Morgan fingerprint density at radius 2 is 1.87 bits per heavy atom. The predicted molar refractivity (Wildman–Crippen MR) is 178 cm³/mol. The Balaban J connectivity index is 1.10. The van der Waals surface area contributed by atoms with Gasteiger partial charge >= 0.3 is 0 Å². The first kappa shape index (κ1) is 32.8. The van der Waals surface area contributed by atoms with Crippen LogP contribution in [0.4, 0.5) is 5.69 Å². The van der Waals surface area contributed by atoms with E-state index in [4.69, 9.17) is 18.9 Å². The number of carbonyl (C=O) groups excluding carboxylic acids is 1. The third-order valence-corrected chi connectivity index (χ3v) is 8.82. The zero-order chi connectivity index (χ0) is 31.6. The molecule has 1 fully saturated rings. The molecule has 0 aliphatic carbocycles. The number of carbonyl (C=O) groups is 1. The van der Waals surface area contributed by atoms with Crippen LogP contribution in [-0.2, 0) is 32.9 Å². The molecule has 3 aromatic rings. The summed E-state index contributed by atoms with van der Waals surface area (Å²) in [4.78, 5) is 13.8. The Bertz CT molecular complexity index is 1390. The van der Waals surface area contributed by atoms with Crippen LogP contribution in [0.15, 0.2) is 66.7 Å². The van der Waals surface area contributed by atoms with E-state index in [1.807, 2.05) is 24.3 Å².